The highest BCUT2D eigenvalue weighted by Crippen LogP contribution is 2.26. The number of hydrogen-bond donors (Lipinski definition) is 2. The molecule has 0 saturated carbocycles. The molecule has 19 heavy (non-hydrogen) atoms. The fourth-order valence-corrected chi connectivity index (χ4v) is 3.73. The van der Waals surface area contributed by atoms with Gasteiger partial charge in [-0.25, -0.2) is 8.42 Å². The van der Waals surface area contributed by atoms with E-state index >= 15 is 0 Å². The van der Waals surface area contributed by atoms with E-state index < -0.39 is 9.84 Å². The van der Waals surface area contributed by atoms with Crippen LogP contribution in [0.5, 0.6) is 0 Å². The highest BCUT2D eigenvalue weighted by Gasteiger charge is 2.22. The lowest BCUT2D eigenvalue weighted by atomic mass is 10.2. The molecule has 0 atom stereocenters. The predicted molar refractivity (Wildman–Crippen MR) is 74.1 cm³/mol. The van der Waals surface area contributed by atoms with E-state index in [9.17, 15) is 8.42 Å². The first kappa shape index (κ1) is 13.7. The summed E-state index contributed by atoms with van der Waals surface area (Å²) in [5, 5.41) is 0. The van der Waals surface area contributed by atoms with Crippen molar-refractivity contribution >= 4 is 9.84 Å². The van der Waals surface area contributed by atoms with Gasteiger partial charge >= 0.3 is 0 Å². The van der Waals surface area contributed by atoms with Crippen LogP contribution in [0, 0.1) is 0 Å². The van der Waals surface area contributed by atoms with Gasteiger partial charge in [-0.15, -0.1) is 0 Å². The predicted octanol–water partition coefficient (Wildman–Crippen LogP) is 1.44. The van der Waals surface area contributed by atoms with Crippen molar-refractivity contribution in [3.05, 3.63) is 59.7 Å². The quantitative estimate of drug-likeness (QED) is 0.884. The monoisotopic (exact) mass is 276 g/mol. The van der Waals surface area contributed by atoms with E-state index in [1.165, 1.54) is 0 Å². The van der Waals surface area contributed by atoms with Gasteiger partial charge in [-0.1, -0.05) is 36.4 Å². The first-order chi connectivity index (χ1) is 9.11. The maximum Gasteiger partial charge on any atom is 0.207 e. The van der Waals surface area contributed by atoms with Gasteiger partial charge in [-0.2, -0.15) is 0 Å². The van der Waals surface area contributed by atoms with E-state index in [1.54, 1.807) is 48.5 Å². The van der Waals surface area contributed by atoms with Crippen molar-refractivity contribution in [2.24, 2.45) is 11.5 Å². The molecular weight excluding hydrogens is 260 g/mol. The van der Waals surface area contributed by atoms with Crippen molar-refractivity contribution < 1.29 is 8.42 Å². The summed E-state index contributed by atoms with van der Waals surface area (Å²) in [6.45, 7) is 0.361. The molecule has 0 unspecified atom stereocenters. The van der Waals surface area contributed by atoms with Crippen molar-refractivity contribution in [3.63, 3.8) is 0 Å². The van der Waals surface area contributed by atoms with Crippen LogP contribution in [0.4, 0.5) is 0 Å². The van der Waals surface area contributed by atoms with Crippen molar-refractivity contribution in [1.82, 2.24) is 0 Å². The third-order valence-electron chi connectivity index (χ3n) is 2.96. The maximum absolute atomic E-state index is 12.7. The molecule has 0 aliphatic carbocycles. The molecule has 0 fully saturated rings. The van der Waals surface area contributed by atoms with Crippen molar-refractivity contribution in [2.75, 3.05) is 0 Å². The fourth-order valence-electron chi connectivity index (χ4n) is 1.99. The molecule has 100 valence electrons. The third-order valence-corrected chi connectivity index (χ3v) is 4.92. The molecule has 0 aliphatic rings. The molecule has 0 radical (unpaired) electrons. The van der Waals surface area contributed by atoms with Crippen LogP contribution in [0.3, 0.4) is 0 Å². The van der Waals surface area contributed by atoms with Gasteiger partial charge in [0, 0.05) is 13.1 Å². The second kappa shape index (κ2) is 5.52. The van der Waals surface area contributed by atoms with E-state index in [0.29, 0.717) is 11.1 Å². The third kappa shape index (κ3) is 2.53. The molecule has 4 N–H and O–H groups in total. The first-order valence-corrected chi connectivity index (χ1v) is 7.40. The molecule has 0 aliphatic heterocycles. The molecule has 0 saturated heterocycles. The molecule has 0 bridgehead atoms. The first-order valence-electron chi connectivity index (χ1n) is 5.92. The second-order valence-electron chi connectivity index (χ2n) is 4.13. The minimum atomic E-state index is -3.58. The largest absolute Gasteiger partial charge is 0.326 e. The van der Waals surface area contributed by atoms with Crippen LogP contribution >= 0.6 is 0 Å². The van der Waals surface area contributed by atoms with Gasteiger partial charge in [-0.05, 0) is 23.3 Å². The Bertz CT molecular complexity index is 628. The molecule has 5 heteroatoms. The van der Waals surface area contributed by atoms with E-state index in [1.807, 2.05) is 0 Å². The fraction of sp³-hybridized carbons (Fsp3) is 0.143. The van der Waals surface area contributed by atoms with Crippen LogP contribution in [-0.2, 0) is 22.9 Å². The molecule has 0 heterocycles. The van der Waals surface area contributed by atoms with Gasteiger partial charge in [0.25, 0.3) is 0 Å². The molecule has 0 aromatic heterocycles. The Morgan fingerprint density at radius 1 is 0.737 bits per heavy atom. The molecule has 4 nitrogen and oxygen atoms in total. The summed E-state index contributed by atoms with van der Waals surface area (Å²) in [6, 6.07) is 13.5. The molecule has 2 rings (SSSR count). The Kier molecular flexibility index (Phi) is 3.99. The van der Waals surface area contributed by atoms with Gasteiger partial charge in [0.1, 0.15) is 0 Å². The second-order valence-corrected chi connectivity index (χ2v) is 6.01. The molecule has 0 spiro atoms. The Hall–Kier alpha value is -1.69. The smallest absolute Gasteiger partial charge is 0.207 e. The van der Waals surface area contributed by atoms with Gasteiger partial charge < -0.3 is 11.5 Å². The van der Waals surface area contributed by atoms with Crippen molar-refractivity contribution in [2.45, 2.75) is 22.9 Å². The topological polar surface area (TPSA) is 86.2 Å². The van der Waals surface area contributed by atoms with E-state index in [0.717, 1.165) is 0 Å². The van der Waals surface area contributed by atoms with Crippen LogP contribution in [-0.4, -0.2) is 8.42 Å². The summed E-state index contributed by atoms with van der Waals surface area (Å²) in [7, 11) is -3.58. The van der Waals surface area contributed by atoms with Crippen LogP contribution in [0.2, 0.25) is 0 Å². The standard InChI is InChI=1S/C14H16N2O2S/c15-9-11-5-1-3-7-13(11)19(17,18)14-8-4-2-6-12(14)10-16/h1-8H,9-10,15-16H2. The average molecular weight is 276 g/mol. The van der Waals surface area contributed by atoms with Gasteiger partial charge in [-0.3, -0.25) is 0 Å². The van der Waals surface area contributed by atoms with Gasteiger partial charge in [0.15, 0.2) is 0 Å². The highest BCUT2D eigenvalue weighted by molar-refractivity contribution is 7.91. The average Bonchev–Trinajstić information content (AvgIpc) is 2.47. The zero-order valence-corrected chi connectivity index (χ0v) is 11.2. The summed E-state index contributed by atoms with van der Waals surface area (Å²) in [6.07, 6.45) is 0. The Morgan fingerprint density at radius 2 is 1.11 bits per heavy atom. The van der Waals surface area contributed by atoms with Gasteiger partial charge in [0.05, 0.1) is 9.79 Å². The summed E-state index contributed by atoms with van der Waals surface area (Å²) in [5.41, 5.74) is 12.4. The highest BCUT2D eigenvalue weighted by atomic mass is 32.2. The lowest BCUT2D eigenvalue weighted by Gasteiger charge is -2.12. The zero-order chi connectivity index (χ0) is 13.9. The lowest BCUT2D eigenvalue weighted by Crippen LogP contribution is -2.12. The number of benzene rings is 2. The van der Waals surface area contributed by atoms with E-state index in [-0.39, 0.29) is 22.9 Å². The Labute approximate surface area is 113 Å². The zero-order valence-electron chi connectivity index (χ0n) is 10.4. The normalized spacial score (nSPS) is 11.5. The van der Waals surface area contributed by atoms with Crippen molar-refractivity contribution in [1.29, 1.82) is 0 Å². The lowest BCUT2D eigenvalue weighted by molar-refractivity contribution is 0.593. The number of hydrogen-bond acceptors (Lipinski definition) is 4. The van der Waals surface area contributed by atoms with E-state index in [4.69, 9.17) is 11.5 Å². The minimum Gasteiger partial charge on any atom is -0.326 e. The molecule has 0 amide bonds. The summed E-state index contributed by atoms with van der Waals surface area (Å²) in [4.78, 5) is 0.497. The number of nitrogens with two attached hydrogens (primary N) is 2. The van der Waals surface area contributed by atoms with Crippen LogP contribution < -0.4 is 11.5 Å². The van der Waals surface area contributed by atoms with Gasteiger partial charge in [0.2, 0.25) is 9.84 Å². The molecular formula is C14H16N2O2S. The number of sulfone groups is 1. The Balaban J connectivity index is 2.66. The number of rotatable bonds is 4. The maximum atomic E-state index is 12.7. The van der Waals surface area contributed by atoms with Crippen molar-refractivity contribution in [3.8, 4) is 0 Å². The molecule has 2 aromatic carbocycles. The Morgan fingerprint density at radius 3 is 1.47 bits per heavy atom. The minimum absolute atomic E-state index is 0.181. The van der Waals surface area contributed by atoms with Crippen LogP contribution in [0.15, 0.2) is 58.3 Å². The summed E-state index contributed by atoms with van der Waals surface area (Å²) in [5.74, 6) is 0. The van der Waals surface area contributed by atoms with Crippen LogP contribution in [0.25, 0.3) is 0 Å². The molecule has 2 aromatic rings. The van der Waals surface area contributed by atoms with Crippen LogP contribution in [0.1, 0.15) is 11.1 Å². The van der Waals surface area contributed by atoms with E-state index in [2.05, 4.69) is 0 Å². The summed E-state index contributed by atoms with van der Waals surface area (Å²) < 4.78 is 25.4. The SMILES string of the molecule is NCc1ccccc1S(=O)(=O)c1ccccc1CN. The summed E-state index contributed by atoms with van der Waals surface area (Å²) >= 11 is 0.